The van der Waals surface area contributed by atoms with Gasteiger partial charge in [-0.15, -0.1) is 0 Å². The zero-order chi connectivity index (χ0) is 17.6. The SMILES string of the molecule is Cc1c(Cl)cccc1Nc1cc(C(=O)NCc2cccnc2)ccn1. The van der Waals surface area contributed by atoms with E-state index in [4.69, 9.17) is 11.6 Å². The zero-order valence-corrected chi connectivity index (χ0v) is 14.4. The number of pyridine rings is 2. The van der Waals surface area contributed by atoms with Crippen LogP contribution in [0.1, 0.15) is 21.5 Å². The van der Waals surface area contributed by atoms with E-state index < -0.39 is 0 Å². The molecule has 126 valence electrons. The Bertz CT molecular complexity index is 884. The summed E-state index contributed by atoms with van der Waals surface area (Å²) in [7, 11) is 0. The number of carbonyl (C=O) groups excluding carboxylic acids is 1. The highest BCUT2D eigenvalue weighted by Crippen LogP contribution is 2.25. The van der Waals surface area contributed by atoms with Crippen LogP contribution in [0.4, 0.5) is 11.5 Å². The van der Waals surface area contributed by atoms with E-state index in [2.05, 4.69) is 20.6 Å². The van der Waals surface area contributed by atoms with Gasteiger partial charge in [-0.25, -0.2) is 4.98 Å². The molecule has 0 aliphatic rings. The fourth-order valence-corrected chi connectivity index (χ4v) is 2.48. The Morgan fingerprint density at radius 3 is 2.84 bits per heavy atom. The maximum absolute atomic E-state index is 12.3. The van der Waals surface area contributed by atoms with Gasteiger partial charge in [-0.3, -0.25) is 9.78 Å². The van der Waals surface area contributed by atoms with Crippen LogP contribution >= 0.6 is 11.6 Å². The Morgan fingerprint density at radius 1 is 1.16 bits per heavy atom. The van der Waals surface area contributed by atoms with Crippen LogP contribution in [0.2, 0.25) is 5.02 Å². The van der Waals surface area contributed by atoms with Gasteiger partial charge in [-0.05, 0) is 48.4 Å². The number of rotatable bonds is 5. The molecule has 0 saturated carbocycles. The highest BCUT2D eigenvalue weighted by Gasteiger charge is 2.08. The molecule has 2 aromatic heterocycles. The maximum atomic E-state index is 12.3. The Labute approximate surface area is 151 Å². The molecular formula is C19H17ClN4O. The minimum Gasteiger partial charge on any atom is -0.348 e. The number of hydrogen-bond donors (Lipinski definition) is 2. The average Bonchev–Trinajstić information content (AvgIpc) is 2.64. The second kappa shape index (κ2) is 7.77. The lowest BCUT2D eigenvalue weighted by atomic mass is 10.2. The first-order chi connectivity index (χ1) is 12.1. The summed E-state index contributed by atoms with van der Waals surface area (Å²) in [4.78, 5) is 20.6. The number of nitrogens with one attached hydrogen (secondary N) is 2. The lowest BCUT2D eigenvalue weighted by Crippen LogP contribution is -2.23. The molecule has 0 spiro atoms. The summed E-state index contributed by atoms with van der Waals surface area (Å²) >= 11 is 6.13. The zero-order valence-electron chi connectivity index (χ0n) is 13.7. The predicted octanol–water partition coefficient (Wildman–Crippen LogP) is 4.11. The van der Waals surface area contributed by atoms with Crippen molar-refractivity contribution in [3.63, 3.8) is 0 Å². The van der Waals surface area contributed by atoms with Gasteiger partial charge < -0.3 is 10.6 Å². The summed E-state index contributed by atoms with van der Waals surface area (Å²) in [5.41, 5.74) is 3.25. The summed E-state index contributed by atoms with van der Waals surface area (Å²) in [5.74, 6) is 0.413. The Morgan fingerprint density at radius 2 is 2.04 bits per heavy atom. The van der Waals surface area contributed by atoms with E-state index in [9.17, 15) is 4.79 Å². The number of nitrogens with zero attached hydrogens (tertiary/aromatic N) is 2. The summed E-state index contributed by atoms with van der Waals surface area (Å²) < 4.78 is 0. The molecule has 0 atom stereocenters. The Balaban J connectivity index is 1.70. The number of carbonyl (C=O) groups is 1. The van der Waals surface area contributed by atoms with E-state index in [1.54, 1.807) is 30.7 Å². The van der Waals surface area contributed by atoms with E-state index in [-0.39, 0.29) is 5.91 Å². The van der Waals surface area contributed by atoms with E-state index in [0.717, 1.165) is 16.8 Å². The molecule has 0 radical (unpaired) electrons. The molecule has 3 rings (SSSR count). The van der Waals surface area contributed by atoms with E-state index in [1.165, 1.54) is 0 Å². The number of halogens is 1. The lowest BCUT2D eigenvalue weighted by molar-refractivity contribution is 0.0951. The largest absolute Gasteiger partial charge is 0.348 e. The van der Waals surface area contributed by atoms with Gasteiger partial charge in [-0.1, -0.05) is 23.7 Å². The monoisotopic (exact) mass is 352 g/mol. The van der Waals surface area contributed by atoms with Gasteiger partial charge in [0.1, 0.15) is 5.82 Å². The minimum atomic E-state index is -0.169. The fraction of sp³-hybridized carbons (Fsp3) is 0.105. The van der Waals surface area contributed by atoms with Crippen molar-refractivity contribution in [3.05, 3.63) is 82.8 Å². The highest BCUT2D eigenvalue weighted by atomic mass is 35.5. The Kier molecular flexibility index (Phi) is 5.26. The number of benzene rings is 1. The summed E-state index contributed by atoms with van der Waals surface area (Å²) in [6.45, 7) is 2.35. The van der Waals surface area contributed by atoms with Crippen molar-refractivity contribution in [2.45, 2.75) is 13.5 Å². The number of amides is 1. The number of anilines is 2. The number of aromatic nitrogens is 2. The molecule has 0 fully saturated rings. The van der Waals surface area contributed by atoms with Crippen LogP contribution in [0.25, 0.3) is 0 Å². The quantitative estimate of drug-likeness (QED) is 0.725. The van der Waals surface area contributed by atoms with Crippen LogP contribution in [-0.2, 0) is 6.54 Å². The maximum Gasteiger partial charge on any atom is 0.251 e. The molecule has 25 heavy (non-hydrogen) atoms. The molecule has 0 saturated heterocycles. The molecule has 6 heteroatoms. The van der Waals surface area contributed by atoms with Crippen LogP contribution < -0.4 is 10.6 Å². The normalized spacial score (nSPS) is 10.3. The molecule has 0 aliphatic carbocycles. The van der Waals surface area contributed by atoms with Gasteiger partial charge in [0.2, 0.25) is 0 Å². The third-order valence-corrected chi connectivity index (χ3v) is 4.14. The molecule has 0 bridgehead atoms. The van der Waals surface area contributed by atoms with Crippen molar-refractivity contribution < 1.29 is 4.79 Å². The lowest BCUT2D eigenvalue weighted by Gasteiger charge is -2.11. The van der Waals surface area contributed by atoms with Crippen molar-refractivity contribution in [1.82, 2.24) is 15.3 Å². The third-order valence-electron chi connectivity index (χ3n) is 3.73. The van der Waals surface area contributed by atoms with E-state index in [0.29, 0.717) is 22.9 Å². The van der Waals surface area contributed by atoms with Gasteiger partial charge in [0.25, 0.3) is 5.91 Å². The molecule has 2 N–H and O–H groups in total. The van der Waals surface area contributed by atoms with Crippen LogP contribution in [0.3, 0.4) is 0 Å². The summed E-state index contributed by atoms with van der Waals surface area (Å²) in [6, 6.07) is 12.7. The minimum absolute atomic E-state index is 0.169. The van der Waals surface area contributed by atoms with Crippen molar-refractivity contribution in [3.8, 4) is 0 Å². The topological polar surface area (TPSA) is 66.9 Å². The van der Waals surface area contributed by atoms with Gasteiger partial charge in [0.05, 0.1) is 0 Å². The third kappa shape index (κ3) is 4.33. The molecule has 1 aromatic carbocycles. The van der Waals surface area contributed by atoms with Gasteiger partial charge >= 0.3 is 0 Å². The molecular weight excluding hydrogens is 336 g/mol. The number of hydrogen-bond acceptors (Lipinski definition) is 4. The average molecular weight is 353 g/mol. The summed E-state index contributed by atoms with van der Waals surface area (Å²) in [5, 5.41) is 6.74. The Hall–Kier alpha value is -2.92. The molecule has 0 unspecified atom stereocenters. The summed E-state index contributed by atoms with van der Waals surface area (Å²) in [6.07, 6.45) is 5.02. The molecule has 0 aliphatic heterocycles. The van der Waals surface area contributed by atoms with E-state index >= 15 is 0 Å². The standard InChI is InChI=1S/C19H17ClN4O/c1-13-16(20)5-2-6-17(13)24-18-10-15(7-9-22-18)19(25)23-12-14-4-3-8-21-11-14/h2-11H,12H2,1H3,(H,22,24)(H,23,25). The van der Waals surface area contributed by atoms with Crippen molar-refractivity contribution >= 4 is 29.0 Å². The molecule has 3 aromatic rings. The van der Waals surface area contributed by atoms with Gasteiger partial charge in [0, 0.05) is 41.4 Å². The van der Waals surface area contributed by atoms with Crippen LogP contribution in [0.15, 0.2) is 61.1 Å². The van der Waals surface area contributed by atoms with Crippen LogP contribution in [-0.4, -0.2) is 15.9 Å². The first-order valence-corrected chi connectivity index (χ1v) is 8.16. The molecule has 2 heterocycles. The molecule has 1 amide bonds. The first kappa shape index (κ1) is 16.9. The van der Waals surface area contributed by atoms with Gasteiger partial charge in [0.15, 0.2) is 0 Å². The second-order valence-corrected chi connectivity index (χ2v) is 5.92. The second-order valence-electron chi connectivity index (χ2n) is 5.51. The van der Waals surface area contributed by atoms with Crippen molar-refractivity contribution in [2.24, 2.45) is 0 Å². The van der Waals surface area contributed by atoms with Crippen LogP contribution in [0, 0.1) is 6.92 Å². The smallest absolute Gasteiger partial charge is 0.251 e. The fourth-order valence-electron chi connectivity index (χ4n) is 2.31. The highest BCUT2D eigenvalue weighted by molar-refractivity contribution is 6.31. The predicted molar refractivity (Wildman–Crippen MR) is 99.1 cm³/mol. The van der Waals surface area contributed by atoms with Crippen LogP contribution in [0.5, 0.6) is 0 Å². The van der Waals surface area contributed by atoms with Crippen molar-refractivity contribution in [1.29, 1.82) is 0 Å². The van der Waals surface area contributed by atoms with Gasteiger partial charge in [-0.2, -0.15) is 0 Å². The van der Waals surface area contributed by atoms with E-state index in [1.807, 2.05) is 37.3 Å². The van der Waals surface area contributed by atoms with Crippen molar-refractivity contribution in [2.75, 3.05) is 5.32 Å². The first-order valence-electron chi connectivity index (χ1n) is 7.79. The molecule has 5 nitrogen and oxygen atoms in total.